The Morgan fingerprint density at radius 3 is 2.56 bits per heavy atom. The average molecular weight is 365 g/mol. The minimum absolute atomic E-state index is 0.123. The van der Waals surface area contributed by atoms with Crippen LogP contribution in [0.2, 0.25) is 0 Å². The summed E-state index contributed by atoms with van der Waals surface area (Å²) >= 11 is 0. The zero-order chi connectivity index (χ0) is 18.0. The predicted octanol–water partition coefficient (Wildman–Crippen LogP) is 2.60. The molecule has 6 nitrogen and oxygen atoms in total. The first-order valence-corrected chi connectivity index (χ1v) is 10.5. The van der Waals surface area contributed by atoms with Gasteiger partial charge in [0, 0.05) is 31.9 Å². The van der Waals surface area contributed by atoms with E-state index >= 15 is 0 Å². The highest BCUT2D eigenvalue weighted by Gasteiger charge is 2.47. The lowest BCUT2D eigenvalue weighted by Gasteiger charge is -2.23. The van der Waals surface area contributed by atoms with Gasteiger partial charge in [0.1, 0.15) is 0 Å². The second-order valence-electron chi connectivity index (χ2n) is 7.41. The number of likely N-dealkylation sites (tertiary alicyclic amines) is 1. The maximum Gasteiger partial charge on any atom is 0.321 e. The number of hydrogen-bond acceptors (Lipinski definition) is 3. The number of nitrogens with zero attached hydrogens (tertiary/aromatic N) is 2. The van der Waals surface area contributed by atoms with Crippen molar-refractivity contribution in [2.75, 3.05) is 31.5 Å². The Morgan fingerprint density at radius 2 is 1.88 bits per heavy atom. The van der Waals surface area contributed by atoms with Crippen molar-refractivity contribution < 1.29 is 13.2 Å². The molecule has 3 rings (SSSR count). The number of carbonyl (C=O) groups is 1. The molecule has 2 aliphatic rings. The molecule has 0 radical (unpaired) electrons. The lowest BCUT2D eigenvalue weighted by atomic mass is 10.0. The van der Waals surface area contributed by atoms with Crippen LogP contribution in [0.4, 0.5) is 10.5 Å². The lowest BCUT2D eigenvalue weighted by molar-refractivity contribution is 0.212. The smallest absolute Gasteiger partial charge is 0.321 e. The van der Waals surface area contributed by atoms with E-state index in [1.54, 1.807) is 9.21 Å². The largest absolute Gasteiger partial charge is 0.324 e. The van der Waals surface area contributed by atoms with Crippen LogP contribution < -0.4 is 5.32 Å². The zero-order valence-electron chi connectivity index (χ0n) is 14.9. The summed E-state index contributed by atoms with van der Waals surface area (Å²) < 4.78 is 27.2. The van der Waals surface area contributed by atoms with E-state index in [9.17, 15) is 13.2 Å². The number of nitrogens with one attached hydrogen (secondary N) is 1. The first-order chi connectivity index (χ1) is 11.9. The van der Waals surface area contributed by atoms with Gasteiger partial charge in [-0.15, -0.1) is 0 Å². The number of hydrogen-bond donors (Lipinski definition) is 1. The number of para-hydroxylation sites is 1. The Kier molecular flexibility index (Phi) is 5.34. The quantitative estimate of drug-likeness (QED) is 0.895. The number of sulfonamides is 1. The van der Waals surface area contributed by atoms with Gasteiger partial charge in [-0.25, -0.2) is 17.5 Å². The predicted molar refractivity (Wildman–Crippen MR) is 98.9 cm³/mol. The van der Waals surface area contributed by atoms with Crippen molar-refractivity contribution in [3.05, 3.63) is 30.3 Å². The highest BCUT2D eigenvalue weighted by molar-refractivity contribution is 7.90. The van der Waals surface area contributed by atoms with Crippen molar-refractivity contribution in [2.24, 2.45) is 11.8 Å². The molecule has 25 heavy (non-hydrogen) atoms. The molecular formula is C18H27N3O3S. The third-order valence-electron chi connectivity index (χ3n) is 5.04. The van der Waals surface area contributed by atoms with Gasteiger partial charge in [0.2, 0.25) is 10.0 Å². The van der Waals surface area contributed by atoms with E-state index in [2.05, 4.69) is 5.32 Å². The number of carbonyl (C=O) groups excluding carboxylic acids is 1. The molecule has 0 unspecified atom stereocenters. The van der Waals surface area contributed by atoms with Gasteiger partial charge in [-0.1, -0.05) is 32.0 Å². The SMILES string of the molecule is CC(C)CN1C[C@H]2CCN(C(=O)Nc3ccccc3)CC[C@H]2S1(=O)=O. The van der Waals surface area contributed by atoms with Crippen LogP contribution in [0.25, 0.3) is 0 Å². The number of urea groups is 1. The number of rotatable bonds is 3. The van der Waals surface area contributed by atoms with Crippen molar-refractivity contribution in [3.63, 3.8) is 0 Å². The number of benzene rings is 1. The lowest BCUT2D eigenvalue weighted by Crippen LogP contribution is -2.37. The van der Waals surface area contributed by atoms with Crippen LogP contribution in [-0.2, 0) is 10.0 Å². The van der Waals surface area contributed by atoms with Crippen LogP contribution in [0.3, 0.4) is 0 Å². The van der Waals surface area contributed by atoms with Crippen LogP contribution >= 0.6 is 0 Å². The van der Waals surface area contributed by atoms with Gasteiger partial charge in [-0.3, -0.25) is 0 Å². The molecule has 2 fully saturated rings. The minimum atomic E-state index is -3.24. The molecule has 1 N–H and O–H groups in total. The molecule has 1 aromatic carbocycles. The van der Waals surface area contributed by atoms with Gasteiger partial charge >= 0.3 is 6.03 Å². The summed E-state index contributed by atoms with van der Waals surface area (Å²) in [6.45, 7) is 6.35. The highest BCUT2D eigenvalue weighted by Crippen LogP contribution is 2.34. The molecule has 2 heterocycles. The molecule has 0 spiro atoms. The Bertz CT molecular complexity index is 706. The summed E-state index contributed by atoms with van der Waals surface area (Å²) in [6.07, 6.45) is 1.25. The molecule has 0 aliphatic carbocycles. The monoisotopic (exact) mass is 365 g/mol. The van der Waals surface area contributed by atoms with E-state index < -0.39 is 10.0 Å². The number of amides is 2. The Morgan fingerprint density at radius 1 is 1.20 bits per heavy atom. The van der Waals surface area contributed by atoms with Crippen LogP contribution in [0.5, 0.6) is 0 Å². The fourth-order valence-corrected chi connectivity index (χ4v) is 6.21. The first kappa shape index (κ1) is 18.2. The Hall–Kier alpha value is -1.60. The summed E-state index contributed by atoms with van der Waals surface area (Å²) in [6, 6.07) is 9.19. The van der Waals surface area contributed by atoms with Gasteiger partial charge in [-0.2, -0.15) is 0 Å². The fourth-order valence-electron chi connectivity index (χ4n) is 3.81. The molecule has 1 aromatic rings. The number of anilines is 1. The molecule has 7 heteroatoms. The molecule has 0 aromatic heterocycles. The first-order valence-electron chi connectivity index (χ1n) is 8.98. The van der Waals surface area contributed by atoms with Gasteiger partial charge in [0.25, 0.3) is 0 Å². The van der Waals surface area contributed by atoms with Crippen molar-refractivity contribution >= 4 is 21.7 Å². The van der Waals surface area contributed by atoms with Crippen molar-refractivity contribution in [1.82, 2.24) is 9.21 Å². The number of fused-ring (bicyclic) bond motifs is 1. The second-order valence-corrected chi connectivity index (χ2v) is 9.57. The summed E-state index contributed by atoms with van der Waals surface area (Å²) in [4.78, 5) is 14.2. The third kappa shape index (κ3) is 3.98. The normalized spacial score (nSPS) is 26.3. The van der Waals surface area contributed by atoms with E-state index in [-0.39, 0.29) is 17.2 Å². The van der Waals surface area contributed by atoms with Crippen LogP contribution in [0.15, 0.2) is 30.3 Å². The maximum atomic E-state index is 12.8. The molecule has 2 atom stereocenters. The Labute approximate surface area is 150 Å². The van der Waals surface area contributed by atoms with Gasteiger partial charge in [0.05, 0.1) is 5.25 Å². The van der Waals surface area contributed by atoms with Crippen LogP contribution in [-0.4, -0.2) is 55.1 Å². The highest BCUT2D eigenvalue weighted by atomic mass is 32.2. The zero-order valence-corrected chi connectivity index (χ0v) is 15.7. The molecule has 0 bridgehead atoms. The van der Waals surface area contributed by atoms with Crippen molar-refractivity contribution in [2.45, 2.75) is 31.9 Å². The van der Waals surface area contributed by atoms with Crippen LogP contribution in [0, 0.1) is 11.8 Å². The maximum absolute atomic E-state index is 12.8. The van der Waals surface area contributed by atoms with Crippen molar-refractivity contribution in [3.8, 4) is 0 Å². The topological polar surface area (TPSA) is 69.7 Å². The minimum Gasteiger partial charge on any atom is -0.324 e. The summed E-state index contributed by atoms with van der Waals surface area (Å²) in [5, 5.41) is 2.54. The van der Waals surface area contributed by atoms with E-state index in [1.807, 2.05) is 44.2 Å². The summed E-state index contributed by atoms with van der Waals surface area (Å²) in [5.74, 6) is 0.448. The fraction of sp³-hybridized carbons (Fsp3) is 0.611. The van der Waals surface area contributed by atoms with Gasteiger partial charge in [0.15, 0.2) is 0 Å². The van der Waals surface area contributed by atoms with E-state index in [1.165, 1.54) is 0 Å². The standard InChI is InChI=1S/C18H27N3O3S/c1-14(2)12-21-13-15-8-10-20(11-9-17(15)25(21,23)24)18(22)19-16-6-4-3-5-7-16/h3-7,14-15,17H,8-13H2,1-2H3,(H,19,22)/t15-,17-/m1/s1. The molecule has 2 amide bonds. The molecule has 138 valence electrons. The second kappa shape index (κ2) is 7.33. The Balaban J connectivity index is 1.64. The van der Waals surface area contributed by atoms with Gasteiger partial charge in [-0.05, 0) is 36.8 Å². The van der Waals surface area contributed by atoms with Crippen molar-refractivity contribution in [1.29, 1.82) is 0 Å². The van der Waals surface area contributed by atoms with E-state index in [4.69, 9.17) is 0 Å². The molecule has 2 aliphatic heterocycles. The average Bonchev–Trinajstić information content (AvgIpc) is 2.71. The molecule has 2 saturated heterocycles. The van der Waals surface area contributed by atoms with Gasteiger partial charge < -0.3 is 10.2 Å². The van der Waals surface area contributed by atoms with E-state index in [0.29, 0.717) is 38.5 Å². The summed E-state index contributed by atoms with van der Waals surface area (Å²) in [7, 11) is -3.24. The van der Waals surface area contributed by atoms with E-state index in [0.717, 1.165) is 12.1 Å². The summed E-state index contributed by atoms with van der Waals surface area (Å²) in [5.41, 5.74) is 0.757. The molecular weight excluding hydrogens is 338 g/mol. The van der Waals surface area contributed by atoms with Crippen LogP contribution in [0.1, 0.15) is 26.7 Å². The molecule has 0 saturated carbocycles. The third-order valence-corrected chi connectivity index (χ3v) is 7.44.